The molecule has 3 aromatic heterocycles. The highest BCUT2D eigenvalue weighted by molar-refractivity contribution is 6.32. The van der Waals surface area contributed by atoms with Gasteiger partial charge in [0, 0.05) is 60.5 Å². The van der Waals surface area contributed by atoms with Crippen molar-refractivity contribution in [1.82, 2.24) is 19.5 Å². The largest absolute Gasteiger partial charge is 0.456 e. The van der Waals surface area contributed by atoms with Crippen molar-refractivity contribution in [3.8, 4) is 51.0 Å². The van der Waals surface area contributed by atoms with Gasteiger partial charge >= 0.3 is 0 Å². The second-order valence-corrected chi connectivity index (χ2v) is 14.4. The Hall–Kier alpha value is -6.85. The van der Waals surface area contributed by atoms with Crippen molar-refractivity contribution in [2.75, 3.05) is 0 Å². The summed E-state index contributed by atoms with van der Waals surface area (Å²) < 4.78 is 9.30. The highest BCUT2D eigenvalue weighted by Crippen LogP contribution is 2.57. The summed E-state index contributed by atoms with van der Waals surface area (Å²) in [5.74, 6) is 1.93. The number of nitrogens with zero attached hydrogens (tertiary/aromatic N) is 4. The van der Waals surface area contributed by atoms with E-state index in [9.17, 15) is 0 Å². The molecule has 0 saturated carbocycles. The summed E-state index contributed by atoms with van der Waals surface area (Å²) in [6.07, 6.45) is 0. The van der Waals surface area contributed by atoms with Crippen LogP contribution in [0.4, 0.5) is 0 Å². The second kappa shape index (κ2) is 11.1. The minimum absolute atomic E-state index is 0.261. The molecular formula is C48H32N4O. The third kappa shape index (κ3) is 4.28. The van der Waals surface area contributed by atoms with E-state index in [2.05, 4.69) is 115 Å². The fourth-order valence-corrected chi connectivity index (χ4v) is 8.64. The van der Waals surface area contributed by atoms with Gasteiger partial charge in [0.1, 0.15) is 11.2 Å². The Labute approximate surface area is 305 Å². The topological polar surface area (TPSA) is 56.7 Å². The maximum absolute atomic E-state index is 6.85. The first-order chi connectivity index (χ1) is 26.1. The smallest absolute Gasteiger partial charge is 0.164 e. The van der Waals surface area contributed by atoms with Crippen molar-refractivity contribution in [3.63, 3.8) is 0 Å². The van der Waals surface area contributed by atoms with Gasteiger partial charge in [-0.1, -0.05) is 135 Å². The molecule has 1 aliphatic rings. The van der Waals surface area contributed by atoms with Crippen LogP contribution in [-0.4, -0.2) is 19.5 Å². The van der Waals surface area contributed by atoms with Crippen LogP contribution in [0.15, 0.2) is 162 Å². The van der Waals surface area contributed by atoms with E-state index in [1.54, 1.807) is 0 Å². The average molecular weight is 681 g/mol. The summed E-state index contributed by atoms with van der Waals surface area (Å²) in [4.78, 5) is 14.9. The molecule has 53 heavy (non-hydrogen) atoms. The van der Waals surface area contributed by atoms with Gasteiger partial charge in [0.05, 0.1) is 11.0 Å². The number of furan rings is 1. The van der Waals surface area contributed by atoms with E-state index in [1.165, 1.54) is 43.9 Å². The van der Waals surface area contributed by atoms with Gasteiger partial charge in [-0.15, -0.1) is 0 Å². The van der Waals surface area contributed by atoms with Crippen molar-refractivity contribution in [3.05, 3.63) is 169 Å². The van der Waals surface area contributed by atoms with Gasteiger partial charge in [-0.2, -0.15) is 0 Å². The van der Waals surface area contributed by atoms with Crippen LogP contribution in [-0.2, 0) is 5.41 Å². The zero-order valence-electron chi connectivity index (χ0n) is 29.2. The molecule has 0 fully saturated rings. The van der Waals surface area contributed by atoms with E-state index in [1.807, 2.05) is 60.7 Å². The van der Waals surface area contributed by atoms with Gasteiger partial charge < -0.3 is 8.98 Å². The zero-order valence-corrected chi connectivity index (χ0v) is 29.2. The Morgan fingerprint density at radius 2 is 1.06 bits per heavy atom. The fraction of sp³-hybridized carbons (Fsp3) is 0.0625. The molecule has 0 spiro atoms. The Kier molecular flexibility index (Phi) is 6.23. The molecule has 3 heterocycles. The van der Waals surface area contributed by atoms with Crippen molar-refractivity contribution in [1.29, 1.82) is 0 Å². The lowest BCUT2D eigenvalue weighted by atomic mass is 9.81. The highest BCUT2D eigenvalue weighted by Gasteiger charge is 2.41. The Morgan fingerprint density at radius 1 is 0.509 bits per heavy atom. The lowest BCUT2D eigenvalue weighted by Gasteiger charge is -2.22. The lowest BCUT2D eigenvalue weighted by molar-refractivity contribution is 0.620. The van der Waals surface area contributed by atoms with Crippen molar-refractivity contribution in [2.45, 2.75) is 19.3 Å². The minimum atomic E-state index is -0.261. The first kappa shape index (κ1) is 29.8. The SMILES string of the molecule is CC1(C)c2ccccc2-c2c1c1oc3ccccc3c1c1c3ccccc3n(-c3ccc(-c4nc(-c5ccccc5)nc(-c5ccccc5)n4)cc3)c21. The molecular weight excluding hydrogens is 649 g/mol. The normalized spacial score (nSPS) is 13.2. The first-order valence-corrected chi connectivity index (χ1v) is 18.0. The number of benzene rings is 7. The van der Waals surface area contributed by atoms with Crippen LogP contribution in [0.5, 0.6) is 0 Å². The third-order valence-electron chi connectivity index (χ3n) is 11.0. The summed E-state index contributed by atoms with van der Waals surface area (Å²) in [5.41, 5.74) is 12.9. The summed E-state index contributed by atoms with van der Waals surface area (Å²) in [7, 11) is 0. The molecule has 250 valence electrons. The number of para-hydroxylation sites is 2. The molecule has 7 aromatic carbocycles. The molecule has 0 aliphatic heterocycles. The van der Waals surface area contributed by atoms with Gasteiger partial charge in [0.15, 0.2) is 17.5 Å². The number of fused-ring (bicyclic) bond motifs is 12. The number of rotatable bonds is 4. The van der Waals surface area contributed by atoms with Crippen LogP contribution in [0.3, 0.4) is 0 Å². The molecule has 11 rings (SSSR count). The predicted octanol–water partition coefficient (Wildman–Crippen LogP) is 12.2. The Balaban J connectivity index is 1.19. The van der Waals surface area contributed by atoms with E-state index >= 15 is 0 Å². The van der Waals surface area contributed by atoms with E-state index in [-0.39, 0.29) is 5.41 Å². The van der Waals surface area contributed by atoms with Crippen LogP contribution in [0, 0.1) is 0 Å². The number of hydrogen-bond donors (Lipinski definition) is 0. The van der Waals surface area contributed by atoms with Crippen LogP contribution in [0.2, 0.25) is 0 Å². The molecule has 0 bridgehead atoms. The van der Waals surface area contributed by atoms with Crippen molar-refractivity contribution >= 4 is 43.7 Å². The van der Waals surface area contributed by atoms with Gasteiger partial charge in [-0.25, -0.2) is 15.0 Å². The van der Waals surface area contributed by atoms with Crippen molar-refractivity contribution in [2.24, 2.45) is 0 Å². The number of hydrogen-bond acceptors (Lipinski definition) is 4. The lowest BCUT2D eigenvalue weighted by Crippen LogP contribution is -2.15. The first-order valence-electron chi connectivity index (χ1n) is 18.0. The molecule has 5 nitrogen and oxygen atoms in total. The maximum atomic E-state index is 6.85. The molecule has 0 saturated heterocycles. The van der Waals surface area contributed by atoms with E-state index in [0.717, 1.165) is 44.4 Å². The summed E-state index contributed by atoms with van der Waals surface area (Å²) in [5, 5.41) is 4.73. The predicted molar refractivity (Wildman–Crippen MR) is 215 cm³/mol. The molecule has 1 aliphatic carbocycles. The molecule has 0 unspecified atom stereocenters. The molecule has 0 atom stereocenters. The summed E-state index contributed by atoms with van der Waals surface area (Å²) in [6, 6.07) is 55.0. The quantitative estimate of drug-likeness (QED) is 0.186. The van der Waals surface area contributed by atoms with E-state index < -0.39 is 0 Å². The molecule has 5 heteroatoms. The molecule has 0 amide bonds. The molecule has 0 radical (unpaired) electrons. The highest BCUT2D eigenvalue weighted by atomic mass is 16.3. The van der Waals surface area contributed by atoms with Crippen LogP contribution in [0.1, 0.15) is 25.0 Å². The standard InChI is InChI=1S/C48H32N4O/c1-48(2)36-22-12-9-19-33(36)41-42(48)44-40(35-21-11-14-24-38(35)53-44)39-34-20-10-13-23-37(34)52(43(39)41)32-27-25-31(26-28-32)47-50-45(29-15-5-3-6-16-29)49-46(51-47)30-17-7-4-8-18-30/h3-28H,1-2H3. The zero-order chi connectivity index (χ0) is 35.3. The summed E-state index contributed by atoms with van der Waals surface area (Å²) in [6.45, 7) is 4.67. The van der Waals surface area contributed by atoms with Crippen molar-refractivity contribution < 1.29 is 4.42 Å². The molecule has 10 aromatic rings. The van der Waals surface area contributed by atoms with Gasteiger partial charge in [-0.3, -0.25) is 0 Å². The van der Waals surface area contributed by atoms with Crippen LogP contribution >= 0.6 is 0 Å². The molecule has 0 N–H and O–H groups in total. The number of aromatic nitrogens is 4. The minimum Gasteiger partial charge on any atom is -0.456 e. The second-order valence-electron chi connectivity index (χ2n) is 14.4. The summed E-state index contributed by atoms with van der Waals surface area (Å²) >= 11 is 0. The van der Waals surface area contributed by atoms with Gasteiger partial charge in [-0.05, 0) is 47.5 Å². The van der Waals surface area contributed by atoms with Gasteiger partial charge in [0.2, 0.25) is 0 Å². The van der Waals surface area contributed by atoms with Gasteiger partial charge in [0.25, 0.3) is 0 Å². The Morgan fingerprint density at radius 3 is 1.74 bits per heavy atom. The maximum Gasteiger partial charge on any atom is 0.164 e. The van der Waals surface area contributed by atoms with E-state index in [0.29, 0.717) is 17.5 Å². The van der Waals surface area contributed by atoms with E-state index in [4.69, 9.17) is 19.4 Å². The fourth-order valence-electron chi connectivity index (χ4n) is 8.64. The van der Waals surface area contributed by atoms with Crippen LogP contribution < -0.4 is 0 Å². The monoisotopic (exact) mass is 680 g/mol. The van der Waals surface area contributed by atoms with Crippen LogP contribution in [0.25, 0.3) is 94.7 Å². The average Bonchev–Trinajstić information content (AvgIpc) is 3.84. The Bertz CT molecular complexity index is 3010. The third-order valence-corrected chi connectivity index (χ3v) is 11.0.